The molecule has 1 aromatic rings. The Bertz CT molecular complexity index is 661. The van der Waals surface area contributed by atoms with Crippen molar-refractivity contribution >= 4 is 23.6 Å². The summed E-state index contributed by atoms with van der Waals surface area (Å²) in [5, 5.41) is 20.8. The highest BCUT2D eigenvalue weighted by Crippen LogP contribution is 2.27. The van der Waals surface area contributed by atoms with Gasteiger partial charge in [0, 0.05) is 7.05 Å². The topological polar surface area (TPSA) is 110 Å². The highest BCUT2D eigenvalue weighted by atomic mass is 32.2. The zero-order chi connectivity index (χ0) is 18.3. The summed E-state index contributed by atoms with van der Waals surface area (Å²) < 4.78 is 6.57. The zero-order valence-corrected chi connectivity index (χ0v) is 15.4. The maximum atomic E-state index is 12.2. The molecule has 2 rings (SSSR count). The SMILES string of the molecule is CCOC(=O)Cc1nnc(SCC(=O)NC2(C#N)CCCCC2)n1C. The van der Waals surface area contributed by atoms with E-state index < -0.39 is 5.54 Å². The number of hydrogen-bond donors (Lipinski definition) is 1. The number of nitrogens with zero attached hydrogens (tertiary/aromatic N) is 4. The number of carbonyl (C=O) groups excluding carboxylic acids is 2. The van der Waals surface area contributed by atoms with Gasteiger partial charge in [-0.3, -0.25) is 9.59 Å². The van der Waals surface area contributed by atoms with E-state index in [2.05, 4.69) is 21.6 Å². The molecular formula is C16H23N5O3S. The number of esters is 1. The molecule has 0 spiro atoms. The predicted octanol–water partition coefficient (Wildman–Crippen LogP) is 1.36. The van der Waals surface area contributed by atoms with Crippen molar-refractivity contribution in [1.29, 1.82) is 5.26 Å². The molecule has 0 bridgehead atoms. The second-order valence-electron chi connectivity index (χ2n) is 6.03. The lowest BCUT2D eigenvalue weighted by atomic mass is 9.83. The van der Waals surface area contributed by atoms with Crippen molar-refractivity contribution in [3.05, 3.63) is 5.82 Å². The molecule has 1 heterocycles. The van der Waals surface area contributed by atoms with E-state index in [-0.39, 0.29) is 24.1 Å². The average molecular weight is 365 g/mol. The number of hydrogen-bond acceptors (Lipinski definition) is 7. The fraction of sp³-hybridized carbons (Fsp3) is 0.688. The lowest BCUT2D eigenvalue weighted by molar-refractivity contribution is -0.142. The third kappa shape index (κ3) is 5.19. The summed E-state index contributed by atoms with van der Waals surface area (Å²) in [5.74, 6) is 0.0838. The number of rotatable bonds is 7. The smallest absolute Gasteiger partial charge is 0.313 e. The van der Waals surface area contributed by atoms with Gasteiger partial charge in [-0.2, -0.15) is 5.26 Å². The first kappa shape index (κ1) is 19.2. The van der Waals surface area contributed by atoms with Crippen LogP contribution in [0.1, 0.15) is 44.9 Å². The van der Waals surface area contributed by atoms with Crippen LogP contribution in [0.15, 0.2) is 5.16 Å². The van der Waals surface area contributed by atoms with Crippen LogP contribution in [0.5, 0.6) is 0 Å². The summed E-state index contributed by atoms with van der Waals surface area (Å²) in [5.41, 5.74) is -0.731. The highest BCUT2D eigenvalue weighted by Gasteiger charge is 2.33. The Morgan fingerprint density at radius 1 is 1.36 bits per heavy atom. The minimum absolute atomic E-state index is 0.0433. The van der Waals surface area contributed by atoms with Crippen LogP contribution in [0.2, 0.25) is 0 Å². The minimum atomic E-state index is -0.731. The molecule has 8 nitrogen and oxygen atoms in total. The van der Waals surface area contributed by atoms with Crippen molar-refractivity contribution in [2.75, 3.05) is 12.4 Å². The van der Waals surface area contributed by atoms with Gasteiger partial charge < -0.3 is 14.6 Å². The second-order valence-corrected chi connectivity index (χ2v) is 6.97. The molecule has 0 atom stereocenters. The first-order valence-electron chi connectivity index (χ1n) is 8.38. The Kier molecular flexibility index (Phi) is 6.82. The number of nitriles is 1. The molecule has 1 N–H and O–H groups in total. The van der Waals surface area contributed by atoms with E-state index in [0.29, 0.717) is 30.4 Å². The van der Waals surface area contributed by atoms with Crippen LogP contribution in [0, 0.1) is 11.3 Å². The molecule has 136 valence electrons. The van der Waals surface area contributed by atoms with Crippen molar-refractivity contribution in [2.24, 2.45) is 7.05 Å². The second kappa shape index (κ2) is 8.85. The number of nitrogens with one attached hydrogen (secondary N) is 1. The number of amides is 1. The van der Waals surface area contributed by atoms with Crippen molar-refractivity contribution in [3.8, 4) is 6.07 Å². The molecule has 1 aliphatic carbocycles. The van der Waals surface area contributed by atoms with Crippen LogP contribution in [0.4, 0.5) is 0 Å². The lowest BCUT2D eigenvalue weighted by Gasteiger charge is -2.31. The fourth-order valence-electron chi connectivity index (χ4n) is 2.82. The standard InChI is InChI=1S/C16H23N5O3S/c1-3-24-14(23)9-12-19-20-15(21(12)2)25-10-13(22)18-16(11-17)7-5-4-6-8-16/h3-10H2,1-2H3,(H,18,22). The van der Waals surface area contributed by atoms with Gasteiger partial charge in [-0.25, -0.2) is 0 Å². The Morgan fingerprint density at radius 3 is 2.72 bits per heavy atom. The quantitative estimate of drug-likeness (QED) is 0.574. The molecule has 1 aliphatic rings. The highest BCUT2D eigenvalue weighted by molar-refractivity contribution is 7.99. The number of carbonyl (C=O) groups is 2. The van der Waals surface area contributed by atoms with Crippen molar-refractivity contribution in [2.45, 2.75) is 56.1 Å². The monoisotopic (exact) mass is 365 g/mol. The van der Waals surface area contributed by atoms with E-state index in [4.69, 9.17) is 4.74 Å². The Morgan fingerprint density at radius 2 is 2.08 bits per heavy atom. The summed E-state index contributed by atoms with van der Waals surface area (Å²) in [6.45, 7) is 2.06. The van der Waals surface area contributed by atoms with Gasteiger partial charge in [0.15, 0.2) is 5.16 Å². The van der Waals surface area contributed by atoms with E-state index in [1.54, 1.807) is 18.5 Å². The molecule has 25 heavy (non-hydrogen) atoms. The predicted molar refractivity (Wildman–Crippen MR) is 91.6 cm³/mol. The van der Waals surface area contributed by atoms with Crippen LogP contribution >= 0.6 is 11.8 Å². The van der Waals surface area contributed by atoms with Crippen LogP contribution in [-0.4, -0.2) is 44.5 Å². The van der Waals surface area contributed by atoms with E-state index in [1.165, 1.54) is 11.8 Å². The maximum Gasteiger partial charge on any atom is 0.313 e. The maximum absolute atomic E-state index is 12.2. The molecule has 0 unspecified atom stereocenters. The normalized spacial score (nSPS) is 16.0. The molecule has 1 fully saturated rings. The molecule has 9 heteroatoms. The Labute approximate surface area is 151 Å². The molecule has 0 saturated heterocycles. The third-order valence-electron chi connectivity index (χ3n) is 4.17. The van der Waals surface area contributed by atoms with Gasteiger partial charge in [0.25, 0.3) is 0 Å². The van der Waals surface area contributed by atoms with Crippen molar-refractivity contribution < 1.29 is 14.3 Å². The molecule has 1 saturated carbocycles. The van der Waals surface area contributed by atoms with Gasteiger partial charge in [0.05, 0.1) is 18.4 Å². The summed E-state index contributed by atoms with van der Waals surface area (Å²) in [6, 6.07) is 2.27. The van der Waals surface area contributed by atoms with Crippen LogP contribution in [0.25, 0.3) is 0 Å². The molecule has 1 aromatic heterocycles. The van der Waals surface area contributed by atoms with Gasteiger partial charge in [-0.05, 0) is 19.8 Å². The lowest BCUT2D eigenvalue weighted by Crippen LogP contribution is -2.49. The average Bonchev–Trinajstić information content (AvgIpc) is 2.94. The number of ether oxygens (including phenoxy) is 1. The minimum Gasteiger partial charge on any atom is -0.466 e. The van der Waals surface area contributed by atoms with Gasteiger partial charge in [-0.15, -0.1) is 10.2 Å². The summed E-state index contributed by atoms with van der Waals surface area (Å²) >= 11 is 1.23. The fourth-order valence-corrected chi connectivity index (χ4v) is 3.55. The van der Waals surface area contributed by atoms with E-state index in [1.807, 2.05) is 0 Å². The van der Waals surface area contributed by atoms with Gasteiger partial charge in [-0.1, -0.05) is 31.0 Å². The van der Waals surface area contributed by atoms with E-state index >= 15 is 0 Å². The van der Waals surface area contributed by atoms with Gasteiger partial charge in [0.1, 0.15) is 17.8 Å². The van der Waals surface area contributed by atoms with Crippen molar-refractivity contribution in [3.63, 3.8) is 0 Å². The van der Waals surface area contributed by atoms with E-state index in [9.17, 15) is 14.9 Å². The van der Waals surface area contributed by atoms with Gasteiger partial charge >= 0.3 is 5.97 Å². The molecular weight excluding hydrogens is 342 g/mol. The Hall–Kier alpha value is -2.08. The molecule has 0 aromatic carbocycles. The Balaban J connectivity index is 1.88. The first-order chi connectivity index (χ1) is 12.0. The molecule has 1 amide bonds. The van der Waals surface area contributed by atoms with Crippen LogP contribution in [-0.2, 0) is 27.8 Å². The van der Waals surface area contributed by atoms with Crippen molar-refractivity contribution in [1.82, 2.24) is 20.1 Å². The summed E-state index contributed by atoms with van der Waals surface area (Å²) in [6.07, 6.45) is 4.47. The van der Waals surface area contributed by atoms with Crippen LogP contribution in [0.3, 0.4) is 0 Å². The first-order valence-corrected chi connectivity index (χ1v) is 9.37. The largest absolute Gasteiger partial charge is 0.466 e. The zero-order valence-electron chi connectivity index (χ0n) is 14.6. The number of aromatic nitrogens is 3. The van der Waals surface area contributed by atoms with Crippen LogP contribution < -0.4 is 5.32 Å². The van der Waals surface area contributed by atoms with Gasteiger partial charge in [0.2, 0.25) is 5.91 Å². The summed E-state index contributed by atoms with van der Waals surface area (Å²) in [7, 11) is 1.74. The summed E-state index contributed by atoms with van der Waals surface area (Å²) in [4.78, 5) is 23.7. The molecule has 0 radical (unpaired) electrons. The molecule has 0 aliphatic heterocycles. The van der Waals surface area contributed by atoms with E-state index in [0.717, 1.165) is 19.3 Å². The third-order valence-corrected chi connectivity index (χ3v) is 5.19. The number of thioether (sulfide) groups is 1.